The second-order valence-electron chi connectivity index (χ2n) is 35.7. The molecule has 0 atom stereocenters. The molecule has 0 bridgehead atoms. The van der Waals surface area contributed by atoms with Crippen molar-refractivity contribution in [2.24, 2.45) is 0 Å². The van der Waals surface area contributed by atoms with Gasteiger partial charge >= 0.3 is 0 Å². The van der Waals surface area contributed by atoms with Gasteiger partial charge in [0.25, 0.3) is 0 Å². The van der Waals surface area contributed by atoms with Gasteiger partial charge in [-0.3, -0.25) is 0 Å². The van der Waals surface area contributed by atoms with Gasteiger partial charge in [0.2, 0.25) is 0 Å². The lowest BCUT2D eigenvalue weighted by Gasteiger charge is -2.31. The summed E-state index contributed by atoms with van der Waals surface area (Å²) in [4.78, 5) is 4.66. The first-order valence-electron chi connectivity index (χ1n) is 36.7. The van der Waals surface area contributed by atoms with Gasteiger partial charge in [0.15, 0.2) is 0 Å². The van der Waals surface area contributed by atoms with E-state index in [-0.39, 0.29) is 0 Å². The van der Waals surface area contributed by atoms with Crippen LogP contribution in [0.25, 0.3) is 86.9 Å². The van der Waals surface area contributed by atoms with Crippen LogP contribution in [-0.4, -0.2) is 44.8 Å². The predicted octanol–water partition coefficient (Wildman–Crippen LogP) is 27.2. The highest BCUT2D eigenvalue weighted by molar-refractivity contribution is 6.47. The number of ether oxygens (including phenoxy) is 8. The van der Waals surface area contributed by atoms with E-state index in [9.17, 15) is 0 Å². The number of benzene rings is 11. The molecule has 0 fully saturated rings. The Kier molecular flexibility index (Phi) is 18.1. The predicted molar refractivity (Wildman–Crippen MR) is 437 cm³/mol. The molecule has 0 spiro atoms. The van der Waals surface area contributed by atoms with Crippen molar-refractivity contribution in [3.63, 3.8) is 0 Å². The average Bonchev–Trinajstić information content (AvgIpc) is 1.54. The first kappa shape index (κ1) is 72.3. The van der Waals surface area contributed by atoms with E-state index in [2.05, 4.69) is 346 Å². The van der Waals surface area contributed by atoms with Crippen LogP contribution >= 0.6 is 0 Å². The minimum atomic E-state index is -0.521. The third-order valence-electron chi connectivity index (χ3n) is 17.1. The van der Waals surface area contributed by atoms with Crippen molar-refractivity contribution in [2.75, 3.05) is 9.80 Å². The van der Waals surface area contributed by atoms with E-state index in [1.54, 1.807) is 0 Å². The van der Waals surface area contributed by atoms with Crippen LogP contribution in [0.2, 0.25) is 0 Å². The summed E-state index contributed by atoms with van der Waals surface area (Å²) < 4.78 is 54.6. The first-order chi connectivity index (χ1) is 48.5. The van der Waals surface area contributed by atoms with Crippen LogP contribution in [0.3, 0.4) is 0 Å². The lowest BCUT2D eigenvalue weighted by atomic mass is 9.87. The van der Waals surface area contributed by atoms with Crippen molar-refractivity contribution in [3.05, 3.63) is 194 Å². The van der Waals surface area contributed by atoms with Crippen molar-refractivity contribution < 1.29 is 37.9 Å². The van der Waals surface area contributed by atoms with Crippen LogP contribution in [0, 0.1) is 0 Å². The molecule has 538 valence electrons. The maximum absolute atomic E-state index is 6.83. The third-order valence-corrected chi connectivity index (χ3v) is 17.1. The minimum Gasteiger partial charge on any atom is -0.488 e. The number of hydrogen-bond donors (Lipinski definition) is 0. The Hall–Kier alpha value is -10.1. The molecule has 0 amide bonds. The fourth-order valence-electron chi connectivity index (χ4n) is 14.5. The molecule has 13 rings (SSSR count). The summed E-state index contributed by atoms with van der Waals surface area (Å²) in [6, 6.07) is 70.1. The smallest absolute Gasteiger partial charge is 0.125 e. The molecule has 0 aliphatic heterocycles. The van der Waals surface area contributed by atoms with Gasteiger partial charge in [-0.15, -0.1) is 0 Å². The zero-order valence-electron chi connectivity index (χ0n) is 65.6. The number of fused-ring (bicyclic) bond motifs is 6. The lowest BCUT2D eigenvalue weighted by molar-refractivity contribution is 0.120. The molecule has 0 unspecified atom stereocenters. The lowest BCUT2D eigenvalue weighted by Crippen LogP contribution is -2.25. The maximum atomic E-state index is 6.83. The van der Waals surface area contributed by atoms with E-state index < -0.39 is 44.8 Å². The molecule has 10 heteroatoms. The summed E-state index contributed by atoms with van der Waals surface area (Å²) in [6.45, 7) is 49.8. The van der Waals surface area contributed by atoms with Crippen LogP contribution in [0.15, 0.2) is 194 Å². The summed E-state index contributed by atoms with van der Waals surface area (Å²) >= 11 is 0. The molecular formula is C94H104N2O8. The van der Waals surface area contributed by atoms with Gasteiger partial charge in [0.05, 0.1) is 34.1 Å². The molecule has 0 aliphatic carbocycles. The summed E-state index contributed by atoms with van der Waals surface area (Å²) in [5.41, 5.74) is 5.64. The topological polar surface area (TPSA) is 80.3 Å². The molecule has 10 nitrogen and oxygen atoms in total. The molecule has 0 N–H and O–H groups in total. The van der Waals surface area contributed by atoms with Gasteiger partial charge < -0.3 is 47.7 Å². The highest BCUT2D eigenvalue weighted by atomic mass is 16.5. The zero-order chi connectivity index (χ0) is 74.8. The number of anilines is 6. The molecule has 104 heavy (non-hydrogen) atoms. The molecule has 0 radical (unpaired) electrons. The Morgan fingerprint density at radius 3 is 0.606 bits per heavy atom. The van der Waals surface area contributed by atoms with Gasteiger partial charge in [0, 0.05) is 83.6 Å². The summed E-state index contributed by atoms with van der Waals surface area (Å²) in [5.74, 6) is 5.41. The van der Waals surface area contributed by atoms with E-state index in [4.69, 9.17) is 37.9 Å². The van der Waals surface area contributed by atoms with Gasteiger partial charge in [-0.25, -0.2) is 0 Å². The molecule has 0 saturated carbocycles. The molecule has 13 aromatic carbocycles. The Labute approximate surface area is 616 Å². The molecule has 0 saturated heterocycles. The molecule has 13 aromatic rings. The van der Waals surface area contributed by atoms with E-state index >= 15 is 0 Å². The Balaban J connectivity index is 1.16. The molecule has 0 aromatic heterocycles. The first-order valence-corrected chi connectivity index (χ1v) is 36.7. The second-order valence-corrected chi connectivity index (χ2v) is 35.7. The van der Waals surface area contributed by atoms with Gasteiger partial charge in [-0.05, 0) is 254 Å². The molecule has 0 aliphatic rings. The average molecular weight is 1390 g/mol. The Bertz CT molecular complexity index is 4660. The van der Waals surface area contributed by atoms with E-state index in [1.807, 2.05) is 24.3 Å². The largest absolute Gasteiger partial charge is 0.488 e. The Morgan fingerprint density at radius 2 is 0.394 bits per heavy atom. The van der Waals surface area contributed by atoms with E-state index in [0.29, 0.717) is 46.0 Å². The van der Waals surface area contributed by atoms with Gasteiger partial charge in [0.1, 0.15) is 90.8 Å². The van der Waals surface area contributed by atoms with Crippen LogP contribution in [-0.2, 0) is 0 Å². The van der Waals surface area contributed by atoms with Crippen LogP contribution in [0.5, 0.6) is 46.0 Å². The van der Waals surface area contributed by atoms with Crippen molar-refractivity contribution >= 4 is 98.8 Å². The third kappa shape index (κ3) is 15.7. The SMILES string of the molecule is CC(C)(C)Oc1cc(OC(C)(C)C)cc(N(c2cc(OC(C)(C)C)cc(OC(C)(C)C)c2)c2ccc3c4c(-c5ccccc5)c5c6cccc7c(N(c8cc(OC(C)(C)C)cc(OC(C)(C)C)c8)c8cc(OC(C)(C)C)cc(OC(C)(C)C)c8)ccc(c5c(-c5ccccc5)c4c4cccc2c43)c76)c1. The van der Waals surface area contributed by atoms with Crippen molar-refractivity contribution in [1.29, 1.82) is 0 Å². The van der Waals surface area contributed by atoms with Crippen molar-refractivity contribution in [2.45, 2.75) is 211 Å². The van der Waals surface area contributed by atoms with Crippen molar-refractivity contribution in [3.8, 4) is 68.2 Å². The van der Waals surface area contributed by atoms with Crippen LogP contribution in [0.1, 0.15) is 166 Å². The summed E-state index contributed by atoms with van der Waals surface area (Å²) in [5, 5.41) is 13.7. The normalized spacial score (nSPS) is 13.0. The monoisotopic (exact) mass is 1390 g/mol. The fraction of sp³-hybridized carbons (Fsp3) is 0.340. The highest BCUT2D eigenvalue weighted by Crippen LogP contribution is 2.59. The Morgan fingerprint density at radius 1 is 0.192 bits per heavy atom. The quantitative estimate of drug-likeness (QED) is 0.0933. The zero-order valence-corrected chi connectivity index (χ0v) is 65.6. The highest BCUT2D eigenvalue weighted by Gasteiger charge is 2.33. The summed E-state index contributed by atoms with van der Waals surface area (Å²) in [7, 11) is 0. The molecule has 0 heterocycles. The van der Waals surface area contributed by atoms with Crippen molar-refractivity contribution in [1.82, 2.24) is 0 Å². The summed E-state index contributed by atoms with van der Waals surface area (Å²) in [6.07, 6.45) is 0. The number of nitrogens with zero attached hydrogens (tertiary/aromatic N) is 2. The molecular weight excluding hydrogens is 1290 g/mol. The van der Waals surface area contributed by atoms with Gasteiger partial charge in [-0.2, -0.15) is 0 Å². The van der Waals surface area contributed by atoms with Crippen LogP contribution < -0.4 is 47.7 Å². The number of rotatable bonds is 16. The minimum absolute atomic E-state index is 0.521. The second kappa shape index (κ2) is 26.0. The van der Waals surface area contributed by atoms with Gasteiger partial charge in [-0.1, -0.05) is 109 Å². The maximum Gasteiger partial charge on any atom is 0.125 e. The standard InChI is InChI=1S/C94H104N2O8/c1-87(2,3)97-63-45-59(46-64(53-63)98-88(4,5)6)95(60-47-65(99-89(7,8)9)54-66(48-60)100-90(10,11)12)77-43-41-75-81-71(77)37-31-39-73(81)83-79(57-33-27-25-28-34-57)86-76-42-44-78(72-38-32-40-74(82(72)76)84(86)80(85(75)83)58-35-29-26-30-36-58)96(61-49-67(101-91(13,14)15)55-68(50-61)102-92(16,17)18)62-51-69(103-93(19,20)21)56-70(52-62)104-94(22,23)24/h25-56H,1-24H3. The fourth-order valence-corrected chi connectivity index (χ4v) is 14.5. The van der Waals surface area contributed by atoms with E-state index in [0.717, 1.165) is 88.3 Å². The number of hydrogen-bond acceptors (Lipinski definition) is 10. The van der Waals surface area contributed by atoms with E-state index in [1.165, 1.54) is 32.7 Å². The van der Waals surface area contributed by atoms with Crippen LogP contribution in [0.4, 0.5) is 34.1 Å².